The number of aromatic amines is 1. The lowest BCUT2D eigenvalue weighted by atomic mass is 10.2. The molecule has 2 heterocycles. The Morgan fingerprint density at radius 1 is 1.60 bits per heavy atom. The van der Waals surface area contributed by atoms with E-state index < -0.39 is 0 Å². The summed E-state index contributed by atoms with van der Waals surface area (Å²) in [5.74, 6) is 0.279. The summed E-state index contributed by atoms with van der Waals surface area (Å²) in [4.78, 5) is 16.6. The van der Waals surface area contributed by atoms with Crippen LogP contribution in [-0.2, 0) is 6.42 Å². The van der Waals surface area contributed by atoms with Gasteiger partial charge < -0.3 is 5.73 Å². The van der Waals surface area contributed by atoms with Gasteiger partial charge in [-0.2, -0.15) is 5.10 Å². The molecule has 0 unspecified atom stereocenters. The highest BCUT2D eigenvalue weighted by Gasteiger charge is 2.26. The number of rotatable bonds is 5. The molecule has 6 nitrogen and oxygen atoms in total. The normalized spacial score (nSPS) is 14.4. The summed E-state index contributed by atoms with van der Waals surface area (Å²) in [6.45, 7) is 2.05. The van der Waals surface area contributed by atoms with Crippen LogP contribution in [0.2, 0.25) is 0 Å². The number of thiazole rings is 1. The molecule has 20 heavy (non-hydrogen) atoms. The second-order valence-corrected chi connectivity index (χ2v) is 5.88. The summed E-state index contributed by atoms with van der Waals surface area (Å²) in [5, 5.41) is 12.2. The Labute approximate surface area is 120 Å². The number of anilines is 2. The Bertz CT molecular complexity index is 628. The quantitative estimate of drug-likeness (QED) is 0.788. The number of nitrogens with zero attached hydrogens (tertiary/aromatic N) is 2. The number of amides is 1. The highest BCUT2D eigenvalue weighted by Crippen LogP contribution is 2.40. The minimum absolute atomic E-state index is 0.247. The molecular formula is C13H17N5OS. The number of carbonyl (C=O) groups is 1. The zero-order chi connectivity index (χ0) is 14.1. The van der Waals surface area contributed by atoms with Gasteiger partial charge in [0.1, 0.15) is 0 Å². The fourth-order valence-corrected chi connectivity index (χ4v) is 2.85. The molecule has 0 atom stereocenters. The van der Waals surface area contributed by atoms with Crippen molar-refractivity contribution < 1.29 is 4.79 Å². The Balaban J connectivity index is 1.71. The maximum atomic E-state index is 12.1. The van der Waals surface area contributed by atoms with Gasteiger partial charge >= 0.3 is 0 Å². The number of aromatic nitrogens is 3. The lowest BCUT2D eigenvalue weighted by molar-refractivity contribution is 0.102. The third-order valence-corrected chi connectivity index (χ3v) is 4.11. The van der Waals surface area contributed by atoms with Crippen molar-refractivity contribution in [3.63, 3.8) is 0 Å². The van der Waals surface area contributed by atoms with Crippen LogP contribution >= 0.6 is 11.3 Å². The van der Waals surface area contributed by atoms with E-state index in [0.29, 0.717) is 16.7 Å². The molecule has 3 rings (SSSR count). The van der Waals surface area contributed by atoms with Gasteiger partial charge in [-0.25, -0.2) is 4.98 Å². The summed E-state index contributed by atoms with van der Waals surface area (Å²) in [6.07, 6.45) is 4.13. The zero-order valence-electron chi connectivity index (χ0n) is 11.3. The number of carbonyl (C=O) groups excluding carboxylic acids is 1. The molecule has 0 aliphatic heterocycles. The Morgan fingerprint density at radius 2 is 2.40 bits per heavy atom. The van der Waals surface area contributed by atoms with E-state index >= 15 is 0 Å². The molecular weight excluding hydrogens is 274 g/mol. The standard InChI is InChI=1S/C13H17N5OS/c1-2-3-8-10(14)11(18-17-8)12(19)16-13-15-9(6-20-13)7-4-5-7/h6-7H,2-5,14H2,1H3,(H,17,18)(H,15,16,19). The first-order valence-corrected chi connectivity index (χ1v) is 7.66. The van der Waals surface area contributed by atoms with Gasteiger partial charge in [0.2, 0.25) is 0 Å². The number of hydrogen-bond donors (Lipinski definition) is 3. The number of nitrogens with two attached hydrogens (primary N) is 1. The molecule has 4 N–H and O–H groups in total. The van der Waals surface area contributed by atoms with Gasteiger partial charge in [-0.1, -0.05) is 13.3 Å². The molecule has 1 aliphatic rings. The van der Waals surface area contributed by atoms with E-state index in [1.165, 1.54) is 24.2 Å². The third kappa shape index (κ3) is 2.53. The maximum absolute atomic E-state index is 12.1. The van der Waals surface area contributed by atoms with Crippen LogP contribution in [0, 0.1) is 0 Å². The highest BCUT2D eigenvalue weighted by molar-refractivity contribution is 7.14. The molecule has 1 amide bonds. The van der Waals surface area contributed by atoms with E-state index in [-0.39, 0.29) is 11.6 Å². The van der Waals surface area contributed by atoms with Crippen LogP contribution in [0.15, 0.2) is 5.38 Å². The fraction of sp³-hybridized carbons (Fsp3) is 0.462. The molecule has 0 spiro atoms. The van der Waals surface area contributed by atoms with Crippen molar-refractivity contribution in [2.45, 2.75) is 38.5 Å². The minimum Gasteiger partial charge on any atom is -0.395 e. The lowest BCUT2D eigenvalue weighted by Crippen LogP contribution is -2.14. The molecule has 0 radical (unpaired) electrons. The average molecular weight is 291 g/mol. The summed E-state index contributed by atoms with van der Waals surface area (Å²) in [5.41, 5.74) is 8.51. The molecule has 0 aromatic carbocycles. The number of H-pyrrole nitrogens is 1. The van der Waals surface area contributed by atoms with Crippen LogP contribution in [0.5, 0.6) is 0 Å². The first kappa shape index (κ1) is 13.1. The third-order valence-electron chi connectivity index (χ3n) is 3.34. The van der Waals surface area contributed by atoms with Crippen molar-refractivity contribution in [1.29, 1.82) is 0 Å². The highest BCUT2D eigenvalue weighted by atomic mass is 32.1. The van der Waals surface area contributed by atoms with E-state index in [2.05, 4.69) is 27.4 Å². The Morgan fingerprint density at radius 3 is 3.10 bits per heavy atom. The van der Waals surface area contributed by atoms with Crippen LogP contribution in [0.3, 0.4) is 0 Å². The second kappa shape index (κ2) is 5.24. The Kier molecular flexibility index (Phi) is 3.43. The van der Waals surface area contributed by atoms with Crippen molar-refractivity contribution in [2.24, 2.45) is 0 Å². The van der Waals surface area contributed by atoms with Crippen LogP contribution in [0.4, 0.5) is 10.8 Å². The van der Waals surface area contributed by atoms with E-state index in [1.54, 1.807) is 0 Å². The topological polar surface area (TPSA) is 96.7 Å². The van der Waals surface area contributed by atoms with Gasteiger partial charge in [-0.3, -0.25) is 15.2 Å². The predicted octanol–water partition coefficient (Wildman–Crippen LogP) is 2.53. The summed E-state index contributed by atoms with van der Waals surface area (Å²) < 4.78 is 0. The zero-order valence-corrected chi connectivity index (χ0v) is 12.1. The van der Waals surface area contributed by atoms with E-state index in [9.17, 15) is 4.79 Å². The SMILES string of the molecule is CCCc1[nH]nc(C(=O)Nc2nc(C3CC3)cs2)c1N. The summed E-state index contributed by atoms with van der Waals surface area (Å²) in [6, 6.07) is 0. The first-order valence-electron chi connectivity index (χ1n) is 6.78. The van der Waals surface area contributed by atoms with Crippen LogP contribution in [0.25, 0.3) is 0 Å². The molecule has 2 aromatic heterocycles. The predicted molar refractivity (Wildman–Crippen MR) is 79.0 cm³/mol. The van der Waals surface area contributed by atoms with Crippen LogP contribution < -0.4 is 11.1 Å². The second-order valence-electron chi connectivity index (χ2n) is 5.02. The fourth-order valence-electron chi connectivity index (χ4n) is 2.07. The molecule has 1 saturated carbocycles. The monoisotopic (exact) mass is 291 g/mol. The maximum Gasteiger partial charge on any atom is 0.280 e. The summed E-state index contributed by atoms with van der Waals surface area (Å²) in [7, 11) is 0. The van der Waals surface area contributed by atoms with Crippen molar-refractivity contribution in [3.05, 3.63) is 22.5 Å². The number of nitrogen functional groups attached to an aromatic ring is 1. The minimum atomic E-state index is -0.308. The molecule has 0 bridgehead atoms. The van der Waals surface area contributed by atoms with E-state index in [1.807, 2.05) is 5.38 Å². The molecule has 106 valence electrons. The van der Waals surface area contributed by atoms with Crippen LogP contribution in [-0.4, -0.2) is 21.1 Å². The van der Waals surface area contributed by atoms with E-state index in [0.717, 1.165) is 24.2 Å². The van der Waals surface area contributed by atoms with Crippen molar-refractivity contribution >= 4 is 28.1 Å². The molecule has 1 fully saturated rings. The van der Waals surface area contributed by atoms with Crippen molar-refractivity contribution in [2.75, 3.05) is 11.1 Å². The van der Waals surface area contributed by atoms with Gasteiger partial charge in [-0.15, -0.1) is 11.3 Å². The van der Waals surface area contributed by atoms with Gasteiger partial charge in [0.05, 0.1) is 17.1 Å². The lowest BCUT2D eigenvalue weighted by Gasteiger charge is -2.00. The van der Waals surface area contributed by atoms with Gasteiger partial charge in [0, 0.05) is 11.3 Å². The number of hydrogen-bond acceptors (Lipinski definition) is 5. The molecule has 1 aliphatic carbocycles. The molecule has 0 saturated heterocycles. The van der Waals surface area contributed by atoms with E-state index in [4.69, 9.17) is 5.73 Å². The van der Waals surface area contributed by atoms with Crippen molar-refractivity contribution in [1.82, 2.24) is 15.2 Å². The largest absolute Gasteiger partial charge is 0.395 e. The average Bonchev–Trinajstić information content (AvgIpc) is 3.08. The van der Waals surface area contributed by atoms with Crippen LogP contribution in [0.1, 0.15) is 54.0 Å². The first-order chi connectivity index (χ1) is 9.69. The van der Waals surface area contributed by atoms with Gasteiger partial charge in [-0.05, 0) is 19.3 Å². The molecule has 7 heteroatoms. The van der Waals surface area contributed by atoms with Gasteiger partial charge in [0.15, 0.2) is 10.8 Å². The van der Waals surface area contributed by atoms with Crippen molar-refractivity contribution in [3.8, 4) is 0 Å². The summed E-state index contributed by atoms with van der Waals surface area (Å²) >= 11 is 1.44. The number of aryl methyl sites for hydroxylation is 1. The number of nitrogens with one attached hydrogen (secondary N) is 2. The smallest absolute Gasteiger partial charge is 0.280 e. The van der Waals surface area contributed by atoms with Gasteiger partial charge in [0.25, 0.3) is 5.91 Å². The Hall–Kier alpha value is -1.89. The molecule has 2 aromatic rings.